The van der Waals surface area contributed by atoms with Crippen LogP contribution in [0.4, 0.5) is 11.4 Å². The second-order valence-electron chi connectivity index (χ2n) is 24.0. The number of hydrogen-bond donors (Lipinski definition) is 0. The van der Waals surface area contributed by atoms with Crippen LogP contribution < -0.4 is 14.5 Å². The number of rotatable bonds is 10. The molecule has 5 nitrogen and oxygen atoms in total. The van der Waals surface area contributed by atoms with E-state index in [4.69, 9.17) is 9.72 Å². The summed E-state index contributed by atoms with van der Waals surface area (Å²) in [6.07, 6.45) is 4.20. The molecule has 0 bridgehead atoms. The summed E-state index contributed by atoms with van der Waals surface area (Å²) in [7, 11) is 0. The number of hydrogen-bond acceptors (Lipinski definition) is 4. The van der Waals surface area contributed by atoms with E-state index in [-0.39, 0.29) is 42.7 Å². The fourth-order valence-electron chi connectivity index (χ4n) is 10.3. The van der Waals surface area contributed by atoms with Crippen molar-refractivity contribution in [2.45, 2.75) is 112 Å². The van der Waals surface area contributed by atoms with Crippen LogP contribution >= 0.6 is 0 Å². The van der Waals surface area contributed by atoms with Crippen molar-refractivity contribution >= 4 is 33.2 Å². The number of anilines is 2. The fraction of sp³-hybridized carbons (Fsp3) is 0.265. The van der Waals surface area contributed by atoms with E-state index in [1.165, 1.54) is 33.5 Å². The van der Waals surface area contributed by atoms with Crippen LogP contribution in [-0.2, 0) is 42.7 Å². The van der Waals surface area contributed by atoms with E-state index >= 15 is 0 Å². The molecular formula is C68H69N4OPt-3. The minimum absolute atomic E-state index is 0. The first kappa shape index (κ1) is 52.2. The summed E-state index contributed by atoms with van der Waals surface area (Å²) in [4.78, 5) is 9.63. The third-order valence-electron chi connectivity index (χ3n) is 14.9. The molecule has 0 amide bonds. The Bertz CT molecular complexity index is 3510. The van der Waals surface area contributed by atoms with Crippen LogP contribution in [-0.4, -0.2) is 9.55 Å². The van der Waals surface area contributed by atoms with Gasteiger partial charge in [0, 0.05) is 66.5 Å². The number of para-hydroxylation sites is 1. The molecule has 0 saturated heterocycles. The monoisotopic (exact) mass is 1150 g/mol. The van der Waals surface area contributed by atoms with Crippen LogP contribution in [0, 0.1) is 24.2 Å². The predicted molar refractivity (Wildman–Crippen MR) is 306 cm³/mol. The number of pyridine rings is 1. The Morgan fingerprint density at radius 3 is 1.72 bits per heavy atom. The number of nitrogens with zero attached hydrogens (tertiary/aromatic N) is 4. The summed E-state index contributed by atoms with van der Waals surface area (Å²) in [5, 5.41) is 2.27. The number of aromatic nitrogens is 2. The Morgan fingerprint density at radius 1 is 0.500 bits per heavy atom. The molecule has 0 N–H and O–H groups in total. The quantitative estimate of drug-likeness (QED) is 0.128. The summed E-state index contributed by atoms with van der Waals surface area (Å²) in [5.74, 6) is 2.03. The Kier molecular flexibility index (Phi) is 13.8. The van der Waals surface area contributed by atoms with E-state index in [0.29, 0.717) is 11.5 Å². The smallest absolute Gasteiger partial charge is 0.135 e. The van der Waals surface area contributed by atoms with Gasteiger partial charge in [0.15, 0.2) is 0 Å². The number of fused-ring (bicyclic) bond motifs is 3. The zero-order valence-corrected chi connectivity index (χ0v) is 47.6. The van der Waals surface area contributed by atoms with Crippen molar-refractivity contribution in [1.29, 1.82) is 0 Å². The molecule has 6 heteroatoms. The average molecular weight is 1150 g/mol. The van der Waals surface area contributed by atoms with Crippen LogP contribution in [0.3, 0.4) is 0 Å². The van der Waals surface area contributed by atoms with Crippen molar-refractivity contribution in [3.63, 3.8) is 0 Å². The maximum Gasteiger partial charge on any atom is 0.135 e. The number of benzene rings is 7. The summed E-state index contributed by atoms with van der Waals surface area (Å²) in [6, 6.07) is 66.5. The largest absolute Gasteiger partial charge is 0.509 e. The summed E-state index contributed by atoms with van der Waals surface area (Å²) in [5.41, 5.74) is 13.6. The summed E-state index contributed by atoms with van der Waals surface area (Å²) < 4.78 is 9.48. The van der Waals surface area contributed by atoms with Gasteiger partial charge in [0.05, 0.1) is 0 Å². The molecule has 10 rings (SSSR count). The first-order valence-corrected chi connectivity index (χ1v) is 25.8. The molecular weight excluding hydrogens is 1080 g/mol. The van der Waals surface area contributed by atoms with Crippen molar-refractivity contribution in [3.05, 3.63) is 234 Å². The van der Waals surface area contributed by atoms with Gasteiger partial charge >= 0.3 is 0 Å². The van der Waals surface area contributed by atoms with Crippen molar-refractivity contribution in [2.75, 3.05) is 9.80 Å². The van der Waals surface area contributed by atoms with E-state index in [9.17, 15) is 0 Å². The normalized spacial score (nSPS) is 13.6. The van der Waals surface area contributed by atoms with Gasteiger partial charge in [-0.15, -0.1) is 53.8 Å². The second-order valence-corrected chi connectivity index (χ2v) is 24.0. The van der Waals surface area contributed by atoms with Gasteiger partial charge < -0.3 is 19.1 Å². The molecule has 9 aromatic rings. The third-order valence-corrected chi connectivity index (χ3v) is 14.9. The van der Waals surface area contributed by atoms with Gasteiger partial charge in [-0.3, -0.25) is 0 Å². The Morgan fingerprint density at radius 2 is 1.08 bits per heavy atom. The van der Waals surface area contributed by atoms with Gasteiger partial charge in [-0.25, -0.2) is 4.98 Å². The maximum atomic E-state index is 7.22. The zero-order chi connectivity index (χ0) is 51.7. The van der Waals surface area contributed by atoms with Crippen LogP contribution in [0.25, 0.3) is 38.8 Å². The topological polar surface area (TPSA) is 33.5 Å². The number of allylic oxidation sites excluding steroid dienone is 1. The third kappa shape index (κ3) is 10.0. The van der Waals surface area contributed by atoms with Gasteiger partial charge in [-0.1, -0.05) is 216 Å². The maximum absolute atomic E-state index is 7.22. The second kappa shape index (κ2) is 19.5. The molecule has 0 unspecified atom stereocenters. The molecule has 2 aromatic heterocycles. The van der Waals surface area contributed by atoms with Crippen molar-refractivity contribution in [3.8, 4) is 28.4 Å². The molecule has 0 saturated carbocycles. The van der Waals surface area contributed by atoms with E-state index in [1.807, 2.05) is 6.20 Å². The standard InChI is InChI=1S/C68H69N4O.Pt/c1-64(2,3)50-33-34-69-62(40-50)72-59-32-24-23-31-57(59)63-58(68(12,13)49-29-21-16-22-30-49)42-56(43-60(63)72)73-55-36-47(46-25-17-14-18-26-46)35-53(41-55)70-44-61(66(7,8)9)71(45-70)54-38-51(65(4,5)6)37-52(39-54)67(10,11)48-27-19-15-20-28-48;/h14-40,42,44-45H,1-13H3;/q-3;. The Balaban J connectivity index is 0.00000672. The van der Waals surface area contributed by atoms with E-state index in [1.54, 1.807) is 0 Å². The van der Waals surface area contributed by atoms with Gasteiger partial charge in [-0.05, 0) is 91.5 Å². The first-order chi connectivity index (χ1) is 34.6. The first-order valence-electron chi connectivity index (χ1n) is 25.8. The SMILES string of the molecule is CC(C)(C)C1=CN(c2[c-]c(Oc3[c-]c4c(c(C(C)(C)c5ccccc5)c3)c3ccccc3n4-c3cc(C(C)(C)C)ccn3)cc(-c3ccccc3)c2)[CH-]N1c1cc(C(C)(C)C)cc(C(C)(C)c2ccccc2)c1.[Pt]. The van der Waals surface area contributed by atoms with Gasteiger partial charge in [0.1, 0.15) is 5.82 Å². The van der Waals surface area contributed by atoms with Crippen LogP contribution in [0.2, 0.25) is 0 Å². The molecule has 7 aromatic carbocycles. The molecule has 74 heavy (non-hydrogen) atoms. The molecule has 3 heterocycles. The van der Waals surface area contributed by atoms with E-state index < -0.39 is 5.41 Å². The average Bonchev–Trinajstić information content (AvgIpc) is 3.98. The van der Waals surface area contributed by atoms with Crippen LogP contribution in [0.15, 0.2) is 182 Å². The van der Waals surface area contributed by atoms with Crippen LogP contribution in [0.5, 0.6) is 11.5 Å². The van der Waals surface area contributed by atoms with Crippen LogP contribution in [0.1, 0.15) is 123 Å². The molecule has 0 atom stereocenters. The van der Waals surface area contributed by atoms with E-state index in [0.717, 1.165) is 55.7 Å². The zero-order valence-electron chi connectivity index (χ0n) is 45.3. The van der Waals surface area contributed by atoms with Crippen molar-refractivity contribution in [1.82, 2.24) is 9.55 Å². The van der Waals surface area contributed by atoms with Gasteiger partial charge in [-0.2, -0.15) is 0 Å². The molecule has 380 valence electrons. The number of ether oxygens (including phenoxy) is 1. The molecule has 1 aliphatic heterocycles. The predicted octanol–water partition coefficient (Wildman–Crippen LogP) is 17.8. The van der Waals surface area contributed by atoms with Crippen molar-refractivity contribution < 1.29 is 25.8 Å². The summed E-state index contributed by atoms with van der Waals surface area (Å²) in [6.45, 7) is 32.0. The molecule has 0 spiro atoms. The van der Waals surface area contributed by atoms with Crippen molar-refractivity contribution in [2.24, 2.45) is 5.41 Å². The fourth-order valence-corrected chi connectivity index (χ4v) is 10.3. The van der Waals surface area contributed by atoms with Gasteiger partial charge in [0.25, 0.3) is 0 Å². The molecule has 1 aliphatic rings. The van der Waals surface area contributed by atoms with E-state index in [2.05, 4.69) is 293 Å². The minimum atomic E-state index is -0.425. The van der Waals surface area contributed by atoms with Gasteiger partial charge in [0.2, 0.25) is 0 Å². The minimum Gasteiger partial charge on any atom is -0.509 e. The molecule has 0 radical (unpaired) electrons. The summed E-state index contributed by atoms with van der Waals surface area (Å²) >= 11 is 0. The molecule has 0 aliphatic carbocycles. The Labute approximate surface area is 455 Å². The molecule has 0 fully saturated rings. The Hall–Kier alpha value is -6.68.